The molecule has 2 heterocycles. The van der Waals surface area contributed by atoms with E-state index in [1.54, 1.807) is 4.90 Å². The molecule has 0 aromatic carbocycles. The van der Waals surface area contributed by atoms with Gasteiger partial charge >= 0.3 is 6.09 Å². The summed E-state index contributed by atoms with van der Waals surface area (Å²) in [6.07, 6.45) is -0.0128. The molecule has 2 saturated heterocycles. The van der Waals surface area contributed by atoms with Crippen LogP contribution in [0.5, 0.6) is 0 Å². The molecule has 1 N–H and O–H groups in total. The highest BCUT2D eigenvalue weighted by Crippen LogP contribution is 2.27. The van der Waals surface area contributed by atoms with Crippen LogP contribution >= 0.6 is 0 Å². The van der Waals surface area contributed by atoms with Gasteiger partial charge in [-0.3, -0.25) is 4.79 Å². The summed E-state index contributed by atoms with van der Waals surface area (Å²) in [5, 5.41) is 2.85. The van der Waals surface area contributed by atoms with Gasteiger partial charge in [-0.15, -0.1) is 0 Å². The highest BCUT2D eigenvalue weighted by molar-refractivity contribution is 5.80. The van der Waals surface area contributed by atoms with Gasteiger partial charge in [0.25, 0.3) is 5.92 Å². The maximum atomic E-state index is 13.1. The summed E-state index contributed by atoms with van der Waals surface area (Å²) < 4.78 is 31.5. The van der Waals surface area contributed by atoms with Gasteiger partial charge in [-0.25, -0.2) is 13.6 Å². The number of amides is 2. The third-order valence-corrected chi connectivity index (χ3v) is 4.53. The van der Waals surface area contributed by atoms with E-state index in [9.17, 15) is 18.4 Å². The van der Waals surface area contributed by atoms with Crippen molar-refractivity contribution in [3.8, 4) is 0 Å². The lowest BCUT2D eigenvalue weighted by Crippen LogP contribution is -2.44. The molecule has 8 heteroatoms. The lowest BCUT2D eigenvalue weighted by atomic mass is 10.1. The zero-order valence-corrected chi connectivity index (χ0v) is 15.3. The van der Waals surface area contributed by atoms with Crippen molar-refractivity contribution in [3.05, 3.63) is 0 Å². The number of likely N-dealkylation sites (tertiary alicyclic amines) is 2. The number of halogens is 2. The number of carbonyl (C=O) groups excluding carboxylic acids is 2. The van der Waals surface area contributed by atoms with E-state index >= 15 is 0 Å². The van der Waals surface area contributed by atoms with Gasteiger partial charge in [-0.05, 0) is 27.2 Å². The molecule has 0 aromatic rings. The van der Waals surface area contributed by atoms with Gasteiger partial charge in [-0.2, -0.15) is 0 Å². The van der Waals surface area contributed by atoms with Crippen LogP contribution in [0, 0.1) is 5.92 Å². The number of hydrogen-bond donors (Lipinski definition) is 1. The Morgan fingerprint density at radius 2 is 1.84 bits per heavy atom. The van der Waals surface area contributed by atoms with Crippen LogP contribution in [0.2, 0.25) is 0 Å². The monoisotopic (exact) mass is 361 g/mol. The minimum absolute atomic E-state index is 0.0894. The Kier molecular flexibility index (Phi) is 6.24. The van der Waals surface area contributed by atoms with Crippen LogP contribution in [0.1, 0.15) is 40.0 Å². The van der Waals surface area contributed by atoms with E-state index in [1.807, 2.05) is 25.7 Å². The molecule has 1 atom stereocenters. The van der Waals surface area contributed by atoms with Crippen molar-refractivity contribution < 1.29 is 23.1 Å². The first-order valence-corrected chi connectivity index (χ1v) is 8.92. The van der Waals surface area contributed by atoms with Crippen LogP contribution < -0.4 is 5.32 Å². The summed E-state index contributed by atoms with van der Waals surface area (Å²) >= 11 is 0. The van der Waals surface area contributed by atoms with Gasteiger partial charge in [0.1, 0.15) is 5.60 Å². The first-order chi connectivity index (χ1) is 11.6. The normalized spacial score (nSPS) is 24.2. The van der Waals surface area contributed by atoms with Crippen LogP contribution in [0.3, 0.4) is 0 Å². The van der Waals surface area contributed by atoms with Crippen molar-refractivity contribution in [2.24, 2.45) is 5.92 Å². The van der Waals surface area contributed by atoms with Gasteiger partial charge in [0, 0.05) is 52.1 Å². The third-order valence-electron chi connectivity index (χ3n) is 4.53. The van der Waals surface area contributed by atoms with Crippen LogP contribution in [0.25, 0.3) is 0 Å². The Balaban J connectivity index is 1.66. The van der Waals surface area contributed by atoms with Gasteiger partial charge in [0.05, 0.1) is 5.92 Å². The molecular formula is C17H29F2N3O3. The SMILES string of the molecule is CC(C)(C)OC(=O)N1CCC(C(=O)NCCN2CCC(F)(F)CC2)C1. The Labute approximate surface area is 147 Å². The molecule has 0 radical (unpaired) electrons. The van der Waals surface area contributed by atoms with Crippen LogP contribution in [0.15, 0.2) is 0 Å². The van der Waals surface area contributed by atoms with Crippen molar-refractivity contribution in [1.82, 2.24) is 15.1 Å². The molecular weight excluding hydrogens is 332 g/mol. The summed E-state index contributed by atoms with van der Waals surface area (Å²) in [5.41, 5.74) is -0.553. The average molecular weight is 361 g/mol. The van der Waals surface area contributed by atoms with Crippen molar-refractivity contribution in [3.63, 3.8) is 0 Å². The predicted octanol–water partition coefficient (Wildman–Crippen LogP) is 2.09. The molecule has 2 amide bonds. The third kappa shape index (κ3) is 6.41. The Hall–Kier alpha value is -1.44. The number of ether oxygens (including phenoxy) is 1. The van der Waals surface area contributed by atoms with E-state index in [4.69, 9.17) is 4.74 Å². The van der Waals surface area contributed by atoms with Crippen molar-refractivity contribution in [2.75, 3.05) is 39.3 Å². The van der Waals surface area contributed by atoms with Crippen LogP contribution in [-0.4, -0.2) is 72.6 Å². The first-order valence-electron chi connectivity index (χ1n) is 8.92. The van der Waals surface area contributed by atoms with Gasteiger partial charge in [0.15, 0.2) is 0 Å². The zero-order valence-electron chi connectivity index (χ0n) is 15.3. The second kappa shape index (κ2) is 7.85. The molecule has 2 fully saturated rings. The minimum atomic E-state index is -2.55. The van der Waals surface area contributed by atoms with Crippen LogP contribution in [-0.2, 0) is 9.53 Å². The van der Waals surface area contributed by atoms with E-state index in [0.717, 1.165) is 0 Å². The molecule has 0 aromatic heterocycles. The number of hydrogen-bond acceptors (Lipinski definition) is 4. The zero-order chi connectivity index (χ0) is 18.7. The fraction of sp³-hybridized carbons (Fsp3) is 0.882. The predicted molar refractivity (Wildman–Crippen MR) is 89.5 cm³/mol. The second-order valence-electron chi connectivity index (χ2n) is 7.90. The number of nitrogens with zero attached hydrogens (tertiary/aromatic N) is 2. The van der Waals surface area contributed by atoms with E-state index in [1.165, 1.54) is 0 Å². The molecule has 0 saturated carbocycles. The Bertz CT molecular complexity index is 484. The molecule has 2 aliphatic heterocycles. The average Bonchev–Trinajstić information content (AvgIpc) is 2.97. The molecule has 2 rings (SSSR count). The van der Waals surface area contributed by atoms with Gasteiger partial charge in [-0.1, -0.05) is 0 Å². The second-order valence-corrected chi connectivity index (χ2v) is 7.90. The Morgan fingerprint density at radius 1 is 1.20 bits per heavy atom. The topological polar surface area (TPSA) is 61.9 Å². The van der Waals surface area contributed by atoms with Crippen molar-refractivity contribution in [1.29, 1.82) is 0 Å². The molecule has 0 bridgehead atoms. The molecule has 6 nitrogen and oxygen atoms in total. The van der Waals surface area contributed by atoms with E-state index in [2.05, 4.69) is 5.32 Å². The molecule has 1 unspecified atom stereocenters. The maximum absolute atomic E-state index is 13.1. The summed E-state index contributed by atoms with van der Waals surface area (Å²) in [6.45, 7) is 8.02. The lowest BCUT2D eigenvalue weighted by molar-refractivity contribution is -0.124. The minimum Gasteiger partial charge on any atom is -0.444 e. The smallest absolute Gasteiger partial charge is 0.410 e. The summed E-state index contributed by atoms with van der Waals surface area (Å²) in [7, 11) is 0. The molecule has 144 valence electrons. The Morgan fingerprint density at radius 3 is 2.44 bits per heavy atom. The first kappa shape index (κ1) is 19.9. The number of nitrogens with one attached hydrogen (secondary N) is 1. The molecule has 0 aliphatic carbocycles. The maximum Gasteiger partial charge on any atom is 0.410 e. The molecule has 2 aliphatic rings. The quantitative estimate of drug-likeness (QED) is 0.833. The summed E-state index contributed by atoms with van der Waals surface area (Å²) in [6, 6.07) is 0. The molecule has 0 spiro atoms. The highest BCUT2D eigenvalue weighted by Gasteiger charge is 2.35. The van der Waals surface area contributed by atoms with Crippen LogP contribution in [0.4, 0.5) is 13.6 Å². The summed E-state index contributed by atoms with van der Waals surface area (Å²) in [5.74, 6) is -2.87. The largest absolute Gasteiger partial charge is 0.444 e. The number of carbonyl (C=O) groups is 2. The molecule has 25 heavy (non-hydrogen) atoms. The van der Waals surface area contributed by atoms with Crippen molar-refractivity contribution in [2.45, 2.75) is 51.6 Å². The van der Waals surface area contributed by atoms with Crippen molar-refractivity contribution >= 4 is 12.0 Å². The standard InChI is InChI=1S/C17H29F2N3O3/c1-16(2,3)25-15(24)22-8-4-13(12-22)14(23)20-7-11-21-9-5-17(18,19)6-10-21/h13H,4-12H2,1-3H3,(H,20,23). The number of alkyl halides is 2. The summed E-state index contributed by atoms with van der Waals surface area (Å²) in [4.78, 5) is 27.7. The van der Waals surface area contributed by atoms with E-state index < -0.39 is 17.6 Å². The number of piperidine rings is 1. The highest BCUT2D eigenvalue weighted by atomic mass is 19.3. The van der Waals surface area contributed by atoms with Gasteiger partial charge < -0.3 is 19.9 Å². The van der Waals surface area contributed by atoms with E-state index in [0.29, 0.717) is 45.7 Å². The number of rotatable bonds is 4. The fourth-order valence-corrected chi connectivity index (χ4v) is 3.05. The lowest BCUT2D eigenvalue weighted by Gasteiger charge is -2.31. The van der Waals surface area contributed by atoms with Gasteiger partial charge in [0.2, 0.25) is 5.91 Å². The fourth-order valence-electron chi connectivity index (χ4n) is 3.05. The van der Waals surface area contributed by atoms with E-state index in [-0.39, 0.29) is 24.7 Å².